The highest BCUT2D eigenvalue weighted by atomic mass is 19.4. The number of ether oxygens (including phenoxy) is 1. The summed E-state index contributed by atoms with van der Waals surface area (Å²) in [5, 5.41) is 3.34. The van der Waals surface area contributed by atoms with Gasteiger partial charge in [0.15, 0.2) is 12.6 Å². The zero-order chi connectivity index (χ0) is 20.9. The van der Waals surface area contributed by atoms with Gasteiger partial charge >= 0.3 is 6.18 Å². The highest BCUT2D eigenvalue weighted by molar-refractivity contribution is 5.80. The molecular weight excluding hydrogens is 383 g/mol. The van der Waals surface area contributed by atoms with Gasteiger partial charge in [0.25, 0.3) is 0 Å². The molecule has 1 aromatic heterocycles. The number of imidazole rings is 1. The number of hydrogen-bond donors (Lipinski definition) is 1. The predicted molar refractivity (Wildman–Crippen MR) is 105 cm³/mol. The number of nitrogens with zero attached hydrogens (tertiary/aromatic N) is 4. The molecule has 1 saturated heterocycles. The number of halogens is 3. The van der Waals surface area contributed by atoms with Crippen molar-refractivity contribution in [2.24, 2.45) is 10.9 Å². The standard InChI is InChI=1S/C20H26F3N5O/c1-15-7-9-27(12-18(15)28-10-8-25-14-28)19(24-2)26-11-16-3-5-17(6-4-16)29-13-20(21,22)23/h3-6,8,10,14-15,18H,7,9,11-13H2,1-2H3,(H,24,26). The lowest BCUT2D eigenvalue weighted by molar-refractivity contribution is -0.153. The van der Waals surface area contributed by atoms with Crippen molar-refractivity contribution in [3.8, 4) is 5.75 Å². The average molecular weight is 409 g/mol. The molecule has 0 amide bonds. The van der Waals surface area contributed by atoms with Crippen molar-refractivity contribution in [1.29, 1.82) is 0 Å². The molecule has 2 aromatic rings. The summed E-state index contributed by atoms with van der Waals surface area (Å²) in [6.07, 6.45) is 2.34. The van der Waals surface area contributed by atoms with Gasteiger partial charge < -0.3 is 19.5 Å². The number of piperidine rings is 1. The van der Waals surface area contributed by atoms with Crippen LogP contribution in [0.2, 0.25) is 0 Å². The molecule has 1 fully saturated rings. The molecule has 1 aliphatic rings. The number of benzene rings is 1. The first-order valence-electron chi connectivity index (χ1n) is 9.57. The average Bonchev–Trinajstić information content (AvgIpc) is 3.23. The van der Waals surface area contributed by atoms with E-state index in [9.17, 15) is 13.2 Å². The molecule has 1 aromatic carbocycles. The highest BCUT2D eigenvalue weighted by Gasteiger charge is 2.29. The minimum atomic E-state index is -4.34. The van der Waals surface area contributed by atoms with E-state index in [4.69, 9.17) is 4.74 Å². The van der Waals surface area contributed by atoms with E-state index in [0.717, 1.165) is 31.0 Å². The third kappa shape index (κ3) is 5.88. The number of hydrogen-bond acceptors (Lipinski definition) is 3. The fraction of sp³-hybridized carbons (Fsp3) is 0.500. The Morgan fingerprint density at radius 2 is 2.07 bits per heavy atom. The summed E-state index contributed by atoms with van der Waals surface area (Å²) in [5.41, 5.74) is 0.932. The van der Waals surface area contributed by atoms with Gasteiger partial charge in [-0.2, -0.15) is 13.2 Å². The van der Waals surface area contributed by atoms with Crippen molar-refractivity contribution in [3.63, 3.8) is 0 Å². The van der Waals surface area contributed by atoms with Crippen molar-refractivity contribution in [3.05, 3.63) is 48.5 Å². The lowest BCUT2D eigenvalue weighted by Gasteiger charge is -2.39. The van der Waals surface area contributed by atoms with Crippen molar-refractivity contribution in [1.82, 2.24) is 19.8 Å². The van der Waals surface area contributed by atoms with Crippen LogP contribution in [0.5, 0.6) is 5.75 Å². The van der Waals surface area contributed by atoms with Crippen LogP contribution in [0.25, 0.3) is 0 Å². The largest absolute Gasteiger partial charge is 0.484 e. The highest BCUT2D eigenvalue weighted by Crippen LogP contribution is 2.27. The number of guanidine groups is 1. The van der Waals surface area contributed by atoms with E-state index in [1.807, 2.05) is 12.5 Å². The molecule has 1 aliphatic heterocycles. The van der Waals surface area contributed by atoms with Crippen molar-refractivity contribution in [2.45, 2.75) is 32.1 Å². The molecule has 0 spiro atoms. The summed E-state index contributed by atoms with van der Waals surface area (Å²) in [5.74, 6) is 1.55. The number of rotatable bonds is 5. The first-order chi connectivity index (χ1) is 13.9. The molecule has 1 N–H and O–H groups in total. The molecule has 2 unspecified atom stereocenters. The normalized spacial score (nSPS) is 20.6. The van der Waals surface area contributed by atoms with E-state index in [2.05, 4.69) is 31.7 Å². The van der Waals surface area contributed by atoms with Gasteiger partial charge in [-0.3, -0.25) is 4.99 Å². The van der Waals surface area contributed by atoms with Gasteiger partial charge in [0.1, 0.15) is 5.75 Å². The van der Waals surface area contributed by atoms with Crippen LogP contribution in [0.4, 0.5) is 13.2 Å². The van der Waals surface area contributed by atoms with E-state index in [1.54, 1.807) is 37.5 Å². The summed E-state index contributed by atoms with van der Waals surface area (Å²) >= 11 is 0. The van der Waals surface area contributed by atoms with Crippen LogP contribution in [0.3, 0.4) is 0 Å². The van der Waals surface area contributed by atoms with Gasteiger partial charge in [0.2, 0.25) is 0 Å². The van der Waals surface area contributed by atoms with Crippen LogP contribution < -0.4 is 10.1 Å². The van der Waals surface area contributed by atoms with E-state index >= 15 is 0 Å². The Balaban J connectivity index is 1.55. The first-order valence-corrected chi connectivity index (χ1v) is 9.57. The van der Waals surface area contributed by atoms with Gasteiger partial charge in [-0.05, 0) is 30.0 Å². The Morgan fingerprint density at radius 1 is 1.31 bits per heavy atom. The zero-order valence-electron chi connectivity index (χ0n) is 16.6. The molecule has 3 rings (SSSR count). The Labute approximate surface area is 168 Å². The minimum Gasteiger partial charge on any atom is -0.484 e. The molecule has 0 saturated carbocycles. The Hall–Kier alpha value is -2.71. The predicted octanol–water partition coefficient (Wildman–Crippen LogP) is 3.48. The maximum atomic E-state index is 12.2. The van der Waals surface area contributed by atoms with Crippen LogP contribution in [-0.4, -0.2) is 53.3 Å². The van der Waals surface area contributed by atoms with Gasteiger partial charge in [-0.15, -0.1) is 0 Å². The van der Waals surface area contributed by atoms with Crippen LogP contribution >= 0.6 is 0 Å². The summed E-state index contributed by atoms with van der Waals surface area (Å²) in [4.78, 5) is 10.8. The van der Waals surface area contributed by atoms with Crippen molar-refractivity contribution < 1.29 is 17.9 Å². The summed E-state index contributed by atoms with van der Waals surface area (Å²) in [6.45, 7) is 3.23. The number of aliphatic imine (C=N–C) groups is 1. The van der Waals surface area contributed by atoms with E-state index < -0.39 is 12.8 Å². The van der Waals surface area contributed by atoms with Gasteiger partial charge in [-0.25, -0.2) is 4.98 Å². The summed E-state index contributed by atoms with van der Waals surface area (Å²) in [7, 11) is 1.75. The SMILES string of the molecule is CN=C(NCc1ccc(OCC(F)(F)F)cc1)N1CCC(C)C(n2ccnc2)C1. The molecule has 0 radical (unpaired) electrons. The molecule has 2 heterocycles. The van der Waals surface area contributed by atoms with Crippen molar-refractivity contribution in [2.75, 3.05) is 26.7 Å². The second kappa shape index (κ2) is 9.19. The topological polar surface area (TPSA) is 54.7 Å². The van der Waals surface area contributed by atoms with Gasteiger partial charge in [0.05, 0.1) is 12.4 Å². The Kier molecular flexibility index (Phi) is 6.66. The lowest BCUT2D eigenvalue weighted by Crippen LogP contribution is -2.48. The van der Waals surface area contributed by atoms with Gasteiger partial charge in [0, 0.05) is 39.1 Å². The molecule has 0 aliphatic carbocycles. The zero-order valence-corrected chi connectivity index (χ0v) is 16.6. The van der Waals surface area contributed by atoms with Gasteiger partial charge in [-0.1, -0.05) is 19.1 Å². The maximum Gasteiger partial charge on any atom is 0.422 e. The van der Waals surface area contributed by atoms with E-state index in [0.29, 0.717) is 18.5 Å². The number of aromatic nitrogens is 2. The van der Waals surface area contributed by atoms with E-state index in [-0.39, 0.29) is 5.75 Å². The fourth-order valence-corrected chi connectivity index (χ4v) is 3.48. The number of alkyl halides is 3. The Bertz CT molecular complexity index is 789. The molecule has 9 heteroatoms. The van der Waals surface area contributed by atoms with Crippen LogP contribution in [0.15, 0.2) is 48.0 Å². The molecule has 29 heavy (non-hydrogen) atoms. The summed E-state index contributed by atoms with van der Waals surface area (Å²) < 4.78 is 43.6. The quantitative estimate of drug-likeness (QED) is 0.607. The minimum absolute atomic E-state index is 0.198. The van der Waals surface area contributed by atoms with Crippen LogP contribution in [0.1, 0.15) is 24.9 Å². The maximum absolute atomic E-state index is 12.2. The first kappa shape index (κ1) is 21.0. The molecule has 158 valence electrons. The molecule has 2 atom stereocenters. The fourth-order valence-electron chi connectivity index (χ4n) is 3.48. The molecular formula is C20H26F3N5O. The Morgan fingerprint density at radius 3 is 2.69 bits per heavy atom. The molecule has 6 nitrogen and oxygen atoms in total. The molecule has 0 bridgehead atoms. The van der Waals surface area contributed by atoms with Crippen LogP contribution in [0, 0.1) is 5.92 Å². The van der Waals surface area contributed by atoms with E-state index in [1.165, 1.54) is 0 Å². The number of nitrogens with one attached hydrogen (secondary N) is 1. The van der Waals surface area contributed by atoms with Crippen molar-refractivity contribution >= 4 is 5.96 Å². The smallest absolute Gasteiger partial charge is 0.422 e. The third-order valence-electron chi connectivity index (χ3n) is 5.11. The lowest BCUT2D eigenvalue weighted by atomic mass is 9.93. The number of likely N-dealkylation sites (tertiary alicyclic amines) is 1. The second-order valence-electron chi connectivity index (χ2n) is 7.24. The summed E-state index contributed by atoms with van der Waals surface area (Å²) in [6, 6.07) is 6.92. The monoisotopic (exact) mass is 409 g/mol. The second-order valence-corrected chi connectivity index (χ2v) is 7.24. The third-order valence-corrected chi connectivity index (χ3v) is 5.11. The van der Waals surface area contributed by atoms with Crippen LogP contribution in [-0.2, 0) is 6.54 Å².